The number of hydrogen-bond donors (Lipinski definition) is 2. The van der Waals surface area contributed by atoms with Gasteiger partial charge in [-0.1, -0.05) is 18.2 Å². The van der Waals surface area contributed by atoms with Crippen LogP contribution in [0.25, 0.3) is 27.9 Å². The van der Waals surface area contributed by atoms with Gasteiger partial charge in [-0.2, -0.15) is 14.6 Å². The maximum absolute atomic E-state index is 4.81. The van der Waals surface area contributed by atoms with Gasteiger partial charge in [-0.15, -0.1) is 0 Å². The molecule has 0 fully saturated rings. The molecule has 5 aromatic rings. The lowest BCUT2D eigenvalue weighted by molar-refractivity contribution is 0.599. The molecule has 7 heteroatoms. The minimum absolute atomic E-state index is 0.280. The second-order valence-electron chi connectivity index (χ2n) is 7.93. The van der Waals surface area contributed by atoms with Crippen LogP contribution in [0.15, 0.2) is 55.0 Å². The summed E-state index contributed by atoms with van der Waals surface area (Å²) in [6.45, 7) is 2.02. The fourth-order valence-corrected chi connectivity index (χ4v) is 4.40. The molecule has 148 valence electrons. The van der Waals surface area contributed by atoms with E-state index in [1.807, 2.05) is 19.2 Å². The minimum Gasteiger partial charge on any atom is -0.358 e. The van der Waals surface area contributed by atoms with E-state index in [1.165, 1.54) is 22.2 Å². The summed E-state index contributed by atoms with van der Waals surface area (Å²) in [7, 11) is 0. The van der Waals surface area contributed by atoms with Gasteiger partial charge in [0.05, 0.1) is 6.20 Å². The van der Waals surface area contributed by atoms with E-state index in [2.05, 4.69) is 55.7 Å². The SMILES string of the molecule is Cc1cncc(-c2nc(N[C@@H]3CCc4[nH]c5ccccc5c4C3)n3nccc3n2)c1. The number of para-hydroxylation sites is 1. The van der Waals surface area contributed by atoms with Crippen molar-refractivity contribution in [1.82, 2.24) is 29.5 Å². The van der Waals surface area contributed by atoms with Gasteiger partial charge in [0.1, 0.15) is 0 Å². The Morgan fingerprint density at radius 1 is 1.13 bits per heavy atom. The molecule has 0 radical (unpaired) electrons. The van der Waals surface area contributed by atoms with Gasteiger partial charge in [-0.05, 0) is 49.4 Å². The number of hydrogen-bond acceptors (Lipinski definition) is 5. The zero-order chi connectivity index (χ0) is 20.1. The molecule has 6 rings (SSSR count). The molecule has 0 saturated heterocycles. The highest BCUT2D eigenvalue weighted by molar-refractivity contribution is 5.85. The first-order chi connectivity index (χ1) is 14.7. The summed E-state index contributed by atoms with van der Waals surface area (Å²) in [6.07, 6.45) is 8.40. The first kappa shape index (κ1) is 17.1. The van der Waals surface area contributed by atoms with Gasteiger partial charge in [0.25, 0.3) is 0 Å². The Balaban J connectivity index is 1.37. The van der Waals surface area contributed by atoms with Crippen LogP contribution in [0.5, 0.6) is 0 Å². The number of fused-ring (bicyclic) bond motifs is 4. The summed E-state index contributed by atoms with van der Waals surface area (Å²) < 4.78 is 1.78. The molecule has 1 aromatic carbocycles. The highest BCUT2D eigenvalue weighted by Gasteiger charge is 2.24. The molecule has 4 heterocycles. The second kappa shape index (κ2) is 6.66. The Labute approximate surface area is 173 Å². The first-order valence-corrected chi connectivity index (χ1v) is 10.2. The normalized spacial score (nSPS) is 16.1. The van der Waals surface area contributed by atoms with E-state index in [1.54, 1.807) is 16.9 Å². The quantitative estimate of drug-likeness (QED) is 0.483. The maximum Gasteiger partial charge on any atom is 0.228 e. The van der Waals surface area contributed by atoms with Gasteiger partial charge in [0.15, 0.2) is 11.5 Å². The number of benzene rings is 1. The van der Waals surface area contributed by atoms with Gasteiger partial charge in [0.2, 0.25) is 5.95 Å². The highest BCUT2D eigenvalue weighted by atomic mass is 15.3. The summed E-state index contributed by atoms with van der Waals surface area (Å²) in [4.78, 5) is 17.4. The summed E-state index contributed by atoms with van der Waals surface area (Å²) >= 11 is 0. The van der Waals surface area contributed by atoms with Crippen LogP contribution in [-0.4, -0.2) is 35.6 Å². The topological polar surface area (TPSA) is 83.8 Å². The van der Waals surface area contributed by atoms with Crippen LogP contribution in [0.4, 0.5) is 5.95 Å². The van der Waals surface area contributed by atoms with Crippen molar-refractivity contribution >= 4 is 22.5 Å². The van der Waals surface area contributed by atoms with Crippen LogP contribution in [0.1, 0.15) is 23.2 Å². The molecule has 0 saturated carbocycles. The van der Waals surface area contributed by atoms with E-state index in [0.29, 0.717) is 5.82 Å². The Bertz CT molecular complexity index is 1380. The standard InChI is InChI=1S/C23H21N7/c1-14-10-15(13-24-12-14)22-28-21-8-9-25-30(21)23(29-22)26-16-6-7-20-18(11-16)17-4-2-3-5-19(17)27-20/h2-5,8-10,12-13,16,27H,6-7,11H2,1H3,(H,26,28,29)/t16-/m1/s1. The smallest absolute Gasteiger partial charge is 0.228 e. The number of aromatic nitrogens is 6. The van der Waals surface area contributed by atoms with Crippen LogP contribution < -0.4 is 5.32 Å². The largest absolute Gasteiger partial charge is 0.358 e. The molecule has 7 nitrogen and oxygen atoms in total. The van der Waals surface area contributed by atoms with Crippen LogP contribution in [0.3, 0.4) is 0 Å². The van der Waals surface area contributed by atoms with Gasteiger partial charge in [-0.25, -0.2) is 4.98 Å². The van der Waals surface area contributed by atoms with Crippen molar-refractivity contribution in [3.05, 3.63) is 71.8 Å². The number of anilines is 1. The highest BCUT2D eigenvalue weighted by Crippen LogP contribution is 2.30. The van der Waals surface area contributed by atoms with E-state index >= 15 is 0 Å². The second-order valence-corrected chi connectivity index (χ2v) is 7.93. The number of aromatic amines is 1. The molecule has 0 bridgehead atoms. The lowest BCUT2D eigenvalue weighted by atomic mass is 9.91. The summed E-state index contributed by atoms with van der Waals surface area (Å²) in [5, 5.41) is 9.39. The van der Waals surface area contributed by atoms with E-state index in [0.717, 1.165) is 42.0 Å². The Morgan fingerprint density at radius 3 is 3.00 bits per heavy atom. The van der Waals surface area contributed by atoms with E-state index in [9.17, 15) is 0 Å². The van der Waals surface area contributed by atoms with Crippen molar-refractivity contribution in [3.63, 3.8) is 0 Å². The molecule has 1 aliphatic rings. The molecule has 30 heavy (non-hydrogen) atoms. The van der Waals surface area contributed by atoms with Gasteiger partial charge >= 0.3 is 0 Å². The van der Waals surface area contributed by atoms with Crippen LogP contribution in [-0.2, 0) is 12.8 Å². The Hall–Kier alpha value is -3.74. The third-order valence-corrected chi connectivity index (χ3v) is 5.82. The van der Waals surface area contributed by atoms with Gasteiger partial charge in [0, 0.05) is 46.7 Å². The fraction of sp³-hybridized carbons (Fsp3) is 0.217. The lowest BCUT2D eigenvalue weighted by Gasteiger charge is -2.24. The van der Waals surface area contributed by atoms with Crippen LogP contribution in [0.2, 0.25) is 0 Å². The number of nitrogens with zero attached hydrogens (tertiary/aromatic N) is 5. The molecule has 1 aliphatic carbocycles. The minimum atomic E-state index is 0.280. The molecule has 2 N–H and O–H groups in total. The molecular formula is C23H21N7. The van der Waals surface area contributed by atoms with Crippen molar-refractivity contribution in [2.75, 3.05) is 5.32 Å². The third kappa shape index (κ3) is 2.82. The number of H-pyrrole nitrogens is 1. The average Bonchev–Trinajstić information content (AvgIpc) is 3.38. The Kier molecular flexibility index (Phi) is 3.80. The third-order valence-electron chi connectivity index (χ3n) is 5.82. The molecular weight excluding hydrogens is 374 g/mol. The molecule has 0 spiro atoms. The predicted molar refractivity (Wildman–Crippen MR) is 116 cm³/mol. The lowest BCUT2D eigenvalue weighted by Crippen LogP contribution is -2.29. The molecule has 0 aliphatic heterocycles. The van der Waals surface area contributed by atoms with Crippen molar-refractivity contribution in [1.29, 1.82) is 0 Å². The maximum atomic E-state index is 4.81. The van der Waals surface area contributed by atoms with E-state index in [4.69, 9.17) is 4.98 Å². The number of pyridine rings is 1. The summed E-state index contributed by atoms with van der Waals surface area (Å²) in [5.74, 6) is 1.38. The summed E-state index contributed by atoms with van der Waals surface area (Å²) in [5.41, 5.74) is 6.74. The van der Waals surface area contributed by atoms with Gasteiger partial charge in [-0.3, -0.25) is 4.98 Å². The fourth-order valence-electron chi connectivity index (χ4n) is 4.40. The monoisotopic (exact) mass is 395 g/mol. The molecule has 1 atom stereocenters. The number of aryl methyl sites for hydroxylation is 2. The first-order valence-electron chi connectivity index (χ1n) is 10.2. The molecule has 0 unspecified atom stereocenters. The zero-order valence-electron chi connectivity index (χ0n) is 16.6. The van der Waals surface area contributed by atoms with E-state index in [-0.39, 0.29) is 6.04 Å². The Morgan fingerprint density at radius 2 is 2.07 bits per heavy atom. The van der Waals surface area contributed by atoms with Gasteiger partial charge < -0.3 is 10.3 Å². The van der Waals surface area contributed by atoms with Crippen molar-refractivity contribution in [2.45, 2.75) is 32.2 Å². The number of nitrogens with one attached hydrogen (secondary N) is 2. The summed E-state index contributed by atoms with van der Waals surface area (Å²) in [6, 6.07) is 12.8. The average molecular weight is 395 g/mol. The van der Waals surface area contributed by atoms with Crippen molar-refractivity contribution in [3.8, 4) is 11.4 Å². The number of rotatable bonds is 3. The predicted octanol–water partition coefficient (Wildman–Crippen LogP) is 3.95. The van der Waals surface area contributed by atoms with E-state index < -0.39 is 0 Å². The van der Waals surface area contributed by atoms with Crippen molar-refractivity contribution in [2.24, 2.45) is 0 Å². The molecule has 4 aromatic heterocycles. The zero-order valence-corrected chi connectivity index (χ0v) is 16.6. The van der Waals surface area contributed by atoms with Crippen LogP contribution >= 0.6 is 0 Å². The van der Waals surface area contributed by atoms with Crippen molar-refractivity contribution < 1.29 is 0 Å². The molecule has 0 amide bonds. The van der Waals surface area contributed by atoms with Crippen LogP contribution in [0, 0.1) is 6.92 Å².